The van der Waals surface area contributed by atoms with E-state index in [4.69, 9.17) is 16.0 Å². The number of nitrogens with zero attached hydrogens (tertiary/aromatic N) is 1. The molecule has 0 aliphatic rings. The van der Waals surface area contributed by atoms with E-state index in [2.05, 4.69) is 15.6 Å². The number of halogens is 1. The molecule has 0 saturated carbocycles. The third-order valence-electron chi connectivity index (χ3n) is 2.80. The second kappa shape index (κ2) is 6.64. The van der Waals surface area contributed by atoms with Gasteiger partial charge in [-0.1, -0.05) is 17.7 Å². The van der Waals surface area contributed by atoms with E-state index in [1.807, 2.05) is 0 Å². The van der Waals surface area contributed by atoms with Crippen LogP contribution in [0.1, 0.15) is 20.2 Å². The molecule has 0 aliphatic heterocycles. The zero-order chi connectivity index (χ0) is 16.2. The molecule has 0 unspecified atom stereocenters. The van der Waals surface area contributed by atoms with E-state index in [1.54, 1.807) is 41.8 Å². The van der Waals surface area contributed by atoms with Gasteiger partial charge in [-0.2, -0.15) is 4.98 Å². The van der Waals surface area contributed by atoms with E-state index < -0.39 is 5.91 Å². The lowest BCUT2D eigenvalue weighted by molar-refractivity contribution is 0.101. The summed E-state index contributed by atoms with van der Waals surface area (Å²) in [7, 11) is 0. The molecule has 0 bridgehead atoms. The quantitative estimate of drug-likeness (QED) is 0.749. The normalized spacial score (nSPS) is 10.3. The van der Waals surface area contributed by atoms with Gasteiger partial charge >= 0.3 is 6.01 Å². The van der Waals surface area contributed by atoms with Gasteiger partial charge in [0.2, 0.25) is 0 Å². The second-order valence-electron chi connectivity index (χ2n) is 4.43. The van der Waals surface area contributed by atoms with Gasteiger partial charge in [0, 0.05) is 10.7 Å². The fourth-order valence-electron chi connectivity index (χ4n) is 1.73. The van der Waals surface area contributed by atoms with Gasteiger partial charge < -0.3 is 9.73 Å². The molecular formula is C15H10ClN3O3S. The molecule has 3 rings (SSSR count). The summed E-state index contributed by atoms with van der Waals surface area (Å²) in [4.78, 5) is 28.4. The molecule has 0 fully saturated rings. The van der Waals surface area contributed by atoms with Crippen LogP contribution in [-0.4, -0.2) is 16.8 Å². The molecule has 0 spiro atoms. The number of carbonyl (C=O) groups excluding carboxylic acids is 2. The van der Waals surface area contributed by atoms with Crippen LogP contribution in [0.4, 0.5) is 11.7 Å². The van der Waals surface area contributed by atoms with E-state index in [0.29, 0.717) is 15.6 Å². The monoisotopic (exact) mass is 347 g/mol. The van der Waals surface area contributed by atoms with Crippen molar-refractivity contribution in [3.8, 4) is 0 Å². The third kappa shape index (κ3) is 3.77. The zero-order valence-electron chi connectivity index (χ0n) is 11.6. The highest BCUT2D eigenvalue weighted by atomic mass is 35.5. The van der Waals surface area contributed by atoms with Gasteiger partial charge in [0.1, 0.15) is 6.26 Å². The van der Waals surface area contributed by atoms with Crippen LogP contribution in [0, 0.1) is 0 Å². The topological polar surface area (TPSA) is 84.2 Å². The third-order valence-corrected chi connectivity index (χ3v) is 3.92. The number of oxazole rings is 1. The maximum atomic E-state index is 12.0. The molecule has 8 heteroatoms. The largest absolute Gasteiger partial charge is 0.431 e. The Morgan fingerprint density at radius 3 is 2.57 bits per heavy atom. The maximum Gasteiger partial charge on any atom is 0.302 e. The molecule has 116 valence electrons. The second-order valence-corrected chi connectivity index (χ2v) is 5.81. The van der Waals surface area contributed by atoms with Crippen LogP contribution in [-0.2, 0) is 0 Å². The Morgan fingerprint density at radius 2 is 1.87 bits per heavy atom. The highest BCUT2D eigenvalue weighted by Crippen LogP contribution is 2.16. The van der Waals surface area contributed by atoms with Crippen molar-refractivity contribution in [3.63, 3.8) is 0 Å². The van der Waals surface area contributed by atoms with Crippen molar-refractivity contribution in [2.24, 2.45) is 0 Å². The van der Waals surface area contributed by atoms with Crippen molar-refractivity contribution in [1.29, 1.82) is 0 Å². The molecule has 23 heavy (non-hydrogen) atoms. The number of rotatable bonds is 4. The van der Waals surface area contributed by atoms with Crippen LogP contribution in [0.15, 0.2) is 52.5 Å². The van der Waals surface area contributed by atoms with Gasteiger partial charge in [-0.15, -0.1) is 11.3 Å². The van der Waals surface area contributed by atoms with Crippen LogP contribution < -0.4 is 10.6 Å². The van der Waals surface area contributed by atoms with E-state index in [-0.39, 0.29) is 17.6 Å². The Bertz CT molecular complexity index is 828. The first kappa shape index (κ1) is 15.3. The minimum Gasteiger partial charge on any atom is -0.431 e. The number of aromatic nitrogens is 1. The maximum absolute atomic E-state index is 12.0. The minimum absolute atomic E-state index is 0.0374. The minimum atomic E-state index is -0.451. The Balaban J connectivity index is 1.65. The highest BCUT2D eigenvalue weighted by molar-refractivity contribution is 7.12. The molecule has 0 aliphatic carbocycles. The molecule has 0 atom stereocenters. The van der Waals surface area contributed by atoms with E-state index in [9.17, 15) is 9.59 Å². The van der Waals surface area contributed by atoms with Crippen LogP contribution in [0.3, 0.4) is 0 Å². The molecule has 0 saturated heterocycles. The fraction of sp³-hybridized carbons (Fsp3) is 0. The molecule has 3 aromatic rings. The average Bonchev–Trinajstić information content (AvgIpc) is 3.20. The highest BCUT2D eigenvalue weighted by Gasteiger charge is 2.15. The SMILES string of the molecule is O=C(Nc1ccc(Cl)cc1)c1coc(NC(=O)c2cccs2)n1. The van der Waals surface area contributed by atoms with Gasteiger partial charge in [0.15, 0.2) is 5.69 Å². The van der Waals surface area contributed by atoms with Crippen LogP contribution >= 0.6 is 22.9 Å². The Kier molecular flexibility index (Phi) is 4.40. The first-order chi connectivity index (χ1) is 11.1. The number of hydrogen-bond donors (Lipinski definition) is 2. The summed E-state index contributed by atoms with van der Waals surface area (Å²) < 4.78 is 5.09. The lowest BCUT2D eigenvalue weighted by Crippen LogP contribution is -2.13. The van der Waals surface area contributed by atoms with Crippen LogP contribution in [0.5, 0.6) is 0 Å². The van der Waals surface area contributed by atoms with E-state index in [1.165, 1.54) is 17.6 Å². The molecule has 2 amide bonds. The predicted molar refractivity (Wildman–Crippen MR) is 88.2 cm³/mol. The molecule has 2 aromatic heterocycles. The lowest BCUT2D eigenvalue weighted by Gasteiger charge is -2.02. The van der Waals surface area contributed by atoms with Crippen molar-refractivity contribution in [1.82, 2.24) is 4.98 Å². The van der Waals surface area contributed by atoms with Gasteiger partial charge in [0.05, 0.1) is 4.88 Å². The van der Waals surface area contributed by atoms with Crippen molar-refractivity contribution >= 4 is 46.5 Å². The van der Waals surface area contributed by atoms with Crippen molar-refractivity contribution < 1.29 is 14.0 Å². The first-order valence-corrected chi connectivity index (χ1v) is 7.75. The average molecular weight is 348 g/mol. The number of thiophene rings is 1. The molecule has 2 heterocycles. The van der Waals surface area contributed by atoms with Crippen molar-refractivity contribution in [2.75, 3.05) is 10.6 Å². The smallest absolute Gasteiger partial charge is 0.302 e. The van der Waals surface area contributed by atoms with Gasteiger partial charge in [-0.25, -0.2) is 0 Å². The predicted octanol–water partition coefficient (Wildman–Crippen LogP) is 3.89. The lowest BCUT2D eigenvalue weighted by atomic mass is 10.3. The number of hydrogen-bond acceptors (Lipinski definition) is 5. The summed E-state index contributed by atoms with van der Waals surface area (Å²) >= 11 is 7.07. The zero-order valence-corrected chi connectivity index (χ0v) is 13.1. The van der Waals surface area contributed by atoms with Gasteiger partial charge in [-0.3, -0.25) is 14.9 Å². The van der Waals surface area contributed by atoms with E-state index >= 15 is 0 Å². The molecule has 2 N–H and O–H groups in total. The number of nitrogens with one attached hydrogen (secondary N) is 2. The number of carbonyl (C=O) groups is 2. The molecule has 0 radical (unpaired) electrons. The first-order valence-electron chi connectivity index (χ1n) is 6.49. The molecule has 1 aromatic carbocycles. The fourth-order valence-corrected chi connectivity index (χ4v) is 2.48. The van der Waals surface area contributed by atoms with Crippen LogP contribution in [0.25, 0.3) is 0 Å². The number of anilines is 2. The summed E-state index contributed by atoms with van der Waals surface area (Å²) in [6, 6.07) is 10.1. The summed E-state index contributed by atoms with van der Waals surface area (Å²) in [5.41, 5.74) is 0.632. The molecular weight excluding hydrogens is 338 g/mol. The summed E-state index contributed by atoms with van der Waals surface area (Å²) in [6.07, 6.45) is 1.18. The number of amides is 2. The van der Waals surface area contributed by atoms with Crippen LogP contribution in [0.2, 0.25) is 5.02 Å². The molecule has 6 nitrogen and oxygen atoms in total. The van der Waals surface area contributed by atoms with E-state index in [0.717, 1.165) is 0 Å². The standard InChI is InChI=1S/C15H10ClN3O3S/c16-9-3-5-10(6-4-9)17-13(20)11-8-22-15(18-11)19-14(21)12-2-1-7-23-12/h1-8H,(H,17,20)(H,18,19,21). The summed E-state index contributed by atoms with van der Waals surface area (Å²) in [6.45, 7) is 0. The van der Waals surface area contributed by atoms with Gasteiger partial charge in [0.25, 0.3) is 11.8 Å². The summed E-state index contributed by atoms with van der Waals surface area (Å²) in [5.74, 6) is -0.792. The van der Waals surface area contributed by atoms with Crippen molar-refractivity contribution in [3.05, 3.63) is 63.6 Å². The van der Waals surface area contributed by atoms with Crippen molar-refractivity contribution in [2.45, 2.75) is 0 Å². The Labute approximate surface area is 140 Å². The summed E-state index contributed by atoms with van der Waals surface area (Å²) in [5, 5.41) is 7.50. The van der Waals surface area contributed by atoms with Gasteiger partial charge in [-0.05, 0) is 35.7 Å². The number of benzene rings is 1. The Morgan fingerprint density at radius 1 is 1.09 bits per heavy atom. The Hall–Kier alpha value is -2.64.